The van der Waals surface area contributed by atoms with Gasteiger partial charge in [0, 0.05) is 31.2 Å². The number of carboxylic acid groups (broad SMARTS) is 1. The monoisotopic (exact) mass is 651 g/mol. The van der Waals surface area contributed by atoms with Gasteiger partial charge in [0.2, 0.25) is 11.8 Å². The first-order valence-corrected chi connectivity index (χ1v) is 16.7. The molecule has 4 rings (SSSR count). The molecule has 2 aromatic rings. The molecule has 1 saturated heterocycles. The second-order valence-electron chi connectivity index (χ2n) is 13.2. The molecule has 1 aliphatic carbocycles. The number of ether oxygens (including phenoxy) is 2. The van der Waals surface area contributed by atoms with E-state index in [2.05, 4.69) is 33.9 Å². The number of carbonyl (C=O) groups excluding carboxylic acids is 1. The van der Waals surface area contributed by atoms with Crippen LogP contribution in [0.2, 0.25) is 5.15 Å². The minimum atomic E-state index is -4.19. The molecule has 3 N–H and O–H groups in total. The highest BCUT2D eigenvalue weighted by Crippen LogP contribution is 2.49. The molecule has 1 unspecified atom stereocenters. The van der Waals surface area contributed by atoms with Gasteiger partial charge in [-0.05, 0) is 82.4 Å². The normalized spacial score (nSPS) is 17.7. The number of benzene rings is 1. The van der Waals surface area contributed by atoms with E-state index in [1.165, 1.54) is 24.3 Å². The SMILES string of the molecule is CC(C)CC(COc1cc(Cl)nc(NS(=O)(=O)c2cccc(C(=O)O)c2)n1)NC1CC2(CCN(C(=O)OC(C)(C)C)CC2)C1. The van der Waals surface area contributed by atoms with E-state index in [-0.39, 0.29) is 51.6 Å². The van der Waals surface area contributed by atoms with Gasteiger partial charge in [-0.25, -0.2) is 27.7 Å². The van der Waals surface area contributed by atoms with Crippen molar-refractivity contribution in [3.63, 3.8) is 0 Å². The minimum absolute atomic E-state index is 0.0148. The van der Waals surface area contributed by atoms with E-state index >= 15 is 0 Å². The van der Waals surface area contributed by atoms with E-state index in [9.17, 15) is 23.1 Å². The minimum Gasteiger partial charge on any atom is -0.478 e. The lowest BCUT2D eigenvalue weighted by atomic mass is 9.60. The third kappa shape index (κ3) is 9.18. The molecule has 1 aromatic carbocycles. The Balaban J connectivity index is 1.33. The summed E-state index contributed by atoms with van der Waals surface area (Å²) in [5, 5.41) is 12.9. The molecule has 0 bridgehead atoms. The fourth-order valence-electron chi connectivity index (χ4n) is 5.77. The van der Waals surface area contributed by atoms with E-state index in [1.54, 1.807) is 4.90 Å². The Morgan fingerprint density at radius 3 is 2.45 bits per heavy atom. The van der Waals surface area contributed by atoms with Crippen molar-refractivity contribution in [1.29, 1.82) is 0 Å². The average Bonchev–Trinajstić information content (AvgIpc) is 2.89. The summed E-state index contributed by atoms with van der Waals surface area (Å²) in [6, 6.07) is 6.71. The molecule has 2 heterocycles. The van der Waals surface area contributed by atoms with E-state index in [0.29, 0.717) is 25.0 Å². The second kappa shape index (κ2) is 13.5. The quantitative estimate of drug-likeness (QED) is 0.276. The maximum Gasteiger partial charge on any atom is 0.410 e. The first-order valence-electron chi connectivity index (χ1n) is 14.8. The summed E-state index contributed by atoms with van der Waals surface area (Å²) in [7, 11) is -4.19. The van der Waals surface area contributed by atoms with Gasteiger partial charge in [0.15, 0.2) is 0 Å². The van der Waals surface area contributed by atoms with Gasteiger partial charge in [-0.15, -0.1) is 0 Å². The predicted molar refractivity (Wildman–Crippen MR) is 166 cm³/mol. The van der Waals surface area contributed by atoms with Gasteiger partial charge < -0.3 is 24.8 Å². The predicted octanol–water partition coefficient (Wildman–Crippen LogP) is 5.19. The number of halogens is 1. The van der Waals surface area contributed by atoms with Gasteiger partial charge >= 0.3 is 12.1 Å². The van der Waals surface area contributed by atoms with Crippen LogP contribution in [0.1, 0.15) is 77.1 Å². The summed E-state index contributed by atoms with van der Waals surface area (Å²) in [6.07, 6.45) is 4.57. The largest absolute Gasteiger partial charge is 0.478 e. The highest BCUT2D eigenvalue weighted by molar-refractivity contribution is 7.92. The van der Waals surface area contributed by atoms with Gasteiger partial charge in [-0.3, -0.25) is 0 Å². The summed E-state index contributed by atoms with van der Waals surface area (Å²) in [6.45, 7) is 11.6. The van der Waals surface area contributed by atoms with Crippen LogP contribution in [0.25, 0.3) is 0 Å². The summed E-state index contributed by atoms with van der Waals surface area (Å²) in [5.74, 6) is -1.03. The number of nitrogens with one attached hydrogen (secondary N) is 2. The zero-order valence-electron chi connectivity index (χ0n) is 25.8. The topological polar surface area (TPSA) is 160 Å². The van der Waals surface area contributed by atoms with Gasteiger partial charge in [0.25, 0.3) is 10.0 Å². The molecule has 1 spiro atoms. The molecule has 44 heavy (non-hydrogen) atoms. The molecule has 14 heteroatoms. The Morgan fingerprint density at radius 1 is 1.16 bits per heavy atom. The number of piperidine rings is 1. The van der Waals surface area contributed by atoms with Crippen LogP contribution in [0.15, 0.2) is 35.2 Å². The van der Waals surface area contributed by atoms with Crippen molar-refractivity contribution in [2.45, 2.75) is 89.3 Å². The van der Waals surface area contributed by atoms with Gasteiger partial charge in [0.1, 0.15) is 17.4 Å². The molecule has 1 aromatic heterocycles. The van der Waals surface area contributed by atoms with E-state index in [4.69, 9.17) is 21.1 Å². The molecular weight excluding hydrogens is 610 g/mol. The smallest absolute Gasteiger partial charge is 0.410 e. The molecule has 0 radical (unpaired) electrons. The number of carboxylic acids is 1. The lowest BCUT2D eigenvalue weighted by molar-refractivity contribution is -0.0192. The number of hydrogen-bond acceptors (Lipinski definition) is 9. The Morgan fingerprint density at radius 2 is 1.84 bits per heavy atom. The molecular formula is C30H42ClN5O7S. The number of likely N-dealkylation sites (tertiary alicyclic amines) is 1. The number of aromatic carboxylic acids is 1. The average molecular weight is 652 g/mol. The zero-order valence-corrected chi connectivity index (χ0v) is 27.4. The van der Waals surface area contributed by atoms with Gasteiger partial charge in [0.05, 0.1) is 10.5 Å². The van der Waals surface area contributed by atoms with Crippen molar-refractivity contribution < 1.29 is 32.6 Å². The van der Waals surface area contributed by atoms with E-state index in [1.807, 2.05) is 20.8 Å². The number of sulfonamides is 1. The Kier molecular flexibility index (Phi) is 10.3. The van der Waals surface area contributed by atoms with Crippen molar-refractivity contribution in [3.8, 4) is 5.88 Å². The zero-order chi connectivity index (χ0) is 32.3. The van der Waals surface area contributed by atoms with Crippen LogP contribution in [-0.2, 0) is 14.8 Å². The van der Waals surface area contributed by atoms with E-state index < -0.39 is 21.6 Å². The summed E-state index contributed by atoms with van der Waals surface area (Å²) < 4.78 is 39.5. The van der Waals surface area contributed by atoms with Crippen LogP contribution < -0.4 is 14.8 Å². The molecule has 2 fully saturated rings. The van der Waals surface area contributed by atoms with E-state index in [0.717, 1.165) is 38.2 Å². The van der Waals surface area contributed by atoms with Crippen molar-refractivity contribution in [3.05, 3.63) is 41.0 Å². The molecule has 2 aliphatic rings. The van der Waals surface area contributed by atoms with Crippen LogP contribution in [0, 0.1) is 11.3 Å². The fraction of sp³-hybridized carbons (Fsp3) is 0.600. The van der Waals surface area contributed by atoms with Crippen molar-refractivity contribution in [2.24, 2.45) is 11.3 Å². The maximum absolute atomic E-state index is 12.9. The van der Waals surface area contributed by atoms with Crippen molar-refractivity contribution in [1.82, 2.24) is 20.2 Å². The van der Waals surface area contributed by atoms with Crippen LogP contribution >= 0.6 is 11.6 Å². The number of amides is 1. The molecule has 1 saturated carbocycles. The van der Waals surface area contributed by atoms with Crippen LogP contribution in [0.4, 0.5) is 10.7 Å². The Hall–Kier alpha value is -3.16. The lowest BCUT2D eigenvalue weighted by Crippen LogP contribution is -2.57. The maximum atomic E-state index is 12.9. The number of anilines is 1. The Labute approximate surface area is 263 Å². The summed E-state index contributed by atoms with van der Waals surface area (Å²) >= 11 is 6.16. The fourth-order valence-corrected chi connectivity index (χ4v) is 6.93. The first kappa shape index (κ1) is 33.7. The van der Waals surface area contributed by atoms with Crippen LogP contribution in [-0.4, -0.2) is 77.8 Å². The molecule has 1 aliphatic heterocycles. The highest BCUT2D eigenvalue weighted by Gasteiger charge is 2.47. The van der Waals surface area contributed by atoms with Crippen LogP contribution in [0.5, 0.6) is 5.88 Å². The van der Waals surface area contributed by atoms with Crippen LogP contribution in [0.3, 0.4) is 0 Å². The molecule has 1 amide bonds. The number of rotatable bonds is 11. The highest BCUT2D eigenvalue weighted by atomic mass is 35.5. The number of aromatic nitrogens is 2. The third-order valence-electron chi connectivity index (χ3n) is 7.78. The summed E-state index contributed by atoms with van der Waals surface area (Å²) in [4.78, 5) is 33.4. The number of carbonyl (C=O) groups is 2. The Bertz CT molecular complexity index is 1450. The number of hydrogen-bond donors (Lipinski definition) is 3. The standard InChI is InChI=1S/C30H42ClN5O7S/c1-19(2)13-21(32-22-16-30(17-22)9-11-36(12-10-30)28(39)43-29(3,4)5)18-42-25-15-24(31)33-27(34-25)35-44(40,41)23-8-6-7-20(14-23)26(37)38/h6-8,14-15,19,21-22,32H,9-13,16-18H2,1-5H3,(H,37,38)(H,33,34,35). The van der Waals surface area contributed by atoms with Gasteiger partial charge in [-0.1, -0.05) is 31.5 Å². The third-order valence-corrected chi connectivity index (χ3v) is 9.30. The van der Waals surface area contributed by atoms with Crippen molar-refractivity contribution in [2.75, 3.05) is 24.4 Å². The molecule has 1 atom stereocenters. The summed E-state index contributed by atoms with van der Waals surface area (Å²) in [5.41, 5.74) is -0.444. The molecule has 12 nitrogen and oxygen atoms in total. The number of nitrogens with zero attached hydrogens (tertiary/aromatic N) is 3. The van der Waals surface area contributed by atoms with Crippen molar-refractivity contribution >= 4 is 39.6 Å². The molecule has 242 valence electrons. The first-order chi connectivity index (χ1) is 20.5. The van der Waals surface area contributed by atoms with Gasteiger partial charge in [-0.2, -0.15) is 4.98 Å². The second-order valence-corrected chi connectivity index (χ2v) is 15.2. The lowest BCUT2D eigenvalue weighted by Gasteiger charge is -2.53.